The lowest BCUT2D eigenvalue weighted by atomic mass is 10.2. The van der Waals surface area contributed by atoms with Crippen LogP contribution in [0.4, 0.5) is 11.4 Å². The summed E-state index contributed by atoms with van der Waals surface area (Å²) in [6.07, 6.45) is 1.54. The molecular weight excluding hydrogens is 385 g/mol. The summed E-state index contributed by atoms with van der Waals surface area (Å²) in [4.78, 5) is 27.1. The molecule has 1 aliphatic rings. The van der Waals surface area contributed by atoms with Gasteiger partial charge in [0.15, 0.2) is 5.17 Å². The maximum absolute atomic E-state index is 12.1. The number of hydrogen-bond acceptors (Lipinski definition) is 5. The summed E-state index contributed by atoms with van der Waals surface area (Å²) >= 11 is 13.0. The maximum Gasteiger partial charge on any atom is 0.288 e. The van der Waals surface area contributed by atoms with Gasteiger partial charge in [-0.1, -0.05) is 41.4 Å². The van der Waals surface area contributed by atoms with Crippen LogP contribution in [-0.4, -0.2) is 16.0 Å². The van der Waals surface area contributed by atoms with Crippen LogP contribution in [0.1, 0.15) is 5.56 Å². The number of rotatable bonds is 3. The first-order chi connectivity index (χ1) is 11.9. The van der Waals surface area contributed by atoms with Crippen molar-refractivity contribution in [2.24, 2.45) is 4.99 Å². The Bertz CT molecular complexity index is 944. The van der Waals surface area contributed by atoms with Gasteiger partial charge in [-0.2, -0.15) is 0 Å². The molecule has 1 aliphatic heterocycles. The van der Waals surface area contributed by atoms with Crippen LogP contribution in [0.3, 0.4) is 0 Å². The first kappa shape index (κ1) is 17.5. The average Bonchev–Trinajstić information content (AvgIpc) is 2.90. The van der Waals surface area contributed by atoms with Crippen LogP contribution in [0.5, 0.6) is 0 Å². The smallest absolute Gasteiger partial charge is 0.288 e. The summed E-state index contributed by atoms with van der Waals surface area (Å²) in [5, 5.41) is 14.5. The molecule has 1 heterocycles. The van der Waals surface area contributed by atoms with Crippen molar-refractivity contribution < 1.29 is 9.72 Å². The molecule has 1 amide bonds. The number of nitrogens with zero attached hydrogens (tertiary/aromatic N) is 2. The number of thioether (sulfide) groups is 1. The minimum absolute atomic E-state index is 0.0386. The van der Waals surface area contributed by atoms with Gasteiger partial charge >= 0.3 is 0 Å². The summed E-state index contributed by atoms with van der Waals surface area (Å²) in [6.45, 7) is 0. The number of nitro groups is 1. The van der Waals surface area contributed by atoms with Gasteiger partial charge in [0.1, 0.15) is 5.02 Å². The monoisotopic (exact) mass is 393 g/mol. The highest BCUT2D eigenvalue weighted by Crippen LogP contribution is 2.32. The number of halogens is 2. The molecule has 0 aliphatic carbocycles. The normalized spacial score (nSPS) is 17.1. The number of aliphatic imine (C=N–C) groups is 1. The van der Waals surface area contributed by atoms with Gasteiger partial charge in [0.05, 0.1) is 20.5 Å². The van der Waals surface area contributed by atoms with Gasteiger partial charge in [0, 0.05) is 6.07 Å². The second kappa shape index (κ2) is 7.26. The first-order valence-corrected chi connectivity index (χ1v) is 8.49. The van der Waals surface area contributed by atoms with Crippen molar-refractivity contribution in [1.82, 2.24) is 5.32 Å². The molecule has 0 atom stereocenters. The largest absolute Gasteiger partial charge is 0.300 e. The van der Waals surface area contributed by atoms with Gasteiger partial charge in [0.25, 0.3) is 11.6 Å². The zero-order valence-corrected chi connectivity index (χ0v) is 14.7. The van der Waals surface area contributed by atoms with Crippen molar-refractivity contribution in [3.8, 4) is 0 Å². The summed E-state index contributed by atoms with van der Waals surface area (Å²) in [5.41, 5.74) is 0.812. The number of amidine groups is 1. The van der Waals surface area contributed by atoms with E-state index in [1.54, 1.807) is 36.4 Å². The fourth-order valence-electron chi connectivity index (χ4n) is 2.04. The molecule has 3 rings (SSSR count). The van der Waals surface area contributed by atoms with Crippen LogP contribution in [0.2, 0.25) is 10.0 Å². The molecule has 0 radical (unpaired) electrons. The summed E-state index contributed by atoms with van der Waals surface area (Å²) in [7, 11) is 0. The van der Waals surface area contributed by atoms with Crippen molar-refractivity contribution in [2.45, 2.75) is 0 Å². The zero-order valence-electron chi connectivity index (χ0n) is 12.4. The standard InChI is InChI=1S/C16H9Cl2N3O3S/c17-10-3-1-2-4-12(10)19-16-20-15(22)14(25-16)8-9-5-6-11(18)13(7-9)21(23)24/h1-8H,(H,19,20,22)/b14-8-. The van der Waals surface area contributed by atoms with Crippen molar-refractivity contribution >= 4 is 63.5 Å². The zero-order chi connectivity index (χ0) is 18.0. The van der Waals surface area contributed by atoms with E-state index >= 15 is 0 Å². The van der Waals surface area contributed by atoms with Crippen LogP contribution in [-0.2, 0) is 4.79 Å². The number of para-hydroxylation sites is 1. The third-order valence-electron chi connectivity index (χ3n) is 3.19. The van der Waals surface area contributed by atoms with Gasteiger partial charge in [-0.15, -0.1) is 0 Å². The lowest BCUT2D eigenvalue weighted by Crippen LogP contribution is -2.19. The van der Waals surface area contributed by atoms with Crippen LogP contribution in [0.15, 0.2) is 52.4 Å². The minimum Gasteiger partial charge on any atom is -0.300 e. The third kappa shape index (κ3) is 4.01. The molecule has 1 saturated heterocycles. The maximum atomic E-state index is 12.1. The third-order valence-corrected chi connectivity index (χ3v) is 4.74. The van der Waals surface area contributed by atoms with E-state index in [9.17, 15) is 14.9 Å². The van der Waals surface area contributed by atoms with Gasteiger partial charge in [-0.3, -0.25) is 14.9 Å². The number of nitro benzene ring substituents is 1. The Balaban J connectivity index is 1.88. The number of carbonyl (C=O) groups excluding carboxylic acids is 1. The molecule has 0 unspecified atom stereocenters. The molecule has 1 fully saturated rings. The van der Waals surface area contributed by atoms with Crippen LogP contribution < -0.4 is 5.32 Å². The predicted octanol–water partition coefficient (Wildman–Crippen LogP) is 4.79. The molecule has 0 bridgehead atoms. The van der Waals surface area contributed by atoms with Crippen molar-refractivity contribution in [2.75, 3.05) is 0 Å². The Morgan fingerprint density at radius 2 is 1.92 bits per heavy atom. The first-order valence-electron chi connectivity index (χ1n) is 6.92. The molecule has 0 saturated carbocycles. The van der Waals surface area contributed by atoms with E-state index < -0.39 is 4.92 Å². The van der Waals surface area contributed by atoms with E-state index in [-0.39, 0.29) is 16.6 Å². The molecule has 2 aromatic carbocycles. The Kier molecular flexibility index (Phi) is 5.08. The number of amides is 1. The topological polar surface area (TPSA) is 84.6 Å². The van der Waals surface area contributed by atoms with Crippen molar-refractivity contribution in [3.05, 3.63) is 73.1 Å². The molecular formula is C16H9Cl2N3O3S. The SMILES string of the molecule is O=C1NC(=Nc2ccccc2Cl)S/C1=C\c1ccc(Cl)c([N+](=O)[O-])c1. The average molecular weight is 394 g/mol. The van der Waals surface area contributed by atoms with E-state index in [2.05, 4.69) is 10.3 Å². The number of benzene rings is 2. The van der Waals surface area contributed by atoms with E-state index in [1.807, 2.05) is 0 Å². The van der Waals surface area contributed by atoms with E-state index in [0.717, 1.165) is 11.8 Å². The van der Waals surface area contributed by atoms with Gasteiger partial charge < -0.3 is 5.32 Å². The highest BCUT2D eigenvalue weighted by molar-refractivity contribution is 8.18. The van der Waals surface area contributed by atoms with Crippen LogP contribution >= 0.6 is 35.0 Å². The fraction of sp³-hybridized carbons (Fsp3) is 0. The molecule has 0 aromatic heterocycles. The molecule has 0 spiro atoms. The number of nitrogens with one attached hydrogen (secondary N) is 1. The molecule has 2 aromatic rings. The van der Waals surface area contributed by atoms with Crippen molar-refractivity contribution in [1.29, 1.82) is 0 Å². The van der Waals surface area contributed by atoms with Gasteiger partial charge in [-0.05, 0) is 41.6 Å². The summed E-state index contributed by atoms with van der Waals surface area (Å²) in [5.74, 6) is -0.339. The lowest BCUT2D eigenvalue weighted by molar-refractivity contribution is -0.384. The van der Waals surface area contributed by atoms with E-state index in [0.29, 0.717) is 26.3 Å². The molecule has 126 valence electrons. The molecule has 25 heavy (non-hydrogen) atoms. The predicted molar refractivity (Wildman–Crippen MR) is 100 cm³/mol. The Hall–Kier alpha value is -2.35. The second-order valence-corrected chi connectivity index (χ2v) is 6.75. The molecule has 1 N–H and O–H groups in total. The quantitative estimate of drug-likeness (QED) is 0.461. The lowest BCUT2D eigenvalue weighted by Gasteiger charge is -1.98. The minimum atomic E-state index is -0.573. The van der Waals surface area contributed by atoms with Crippen molar-refractivity contribution in [3.63, 3.8) is 0 Å². The van der Waals surface area contributed by atoms with Gasteiger partial charge in [-0.25, -0.2) is 4.99 Å². The highest BCUT2D eigenvalue weighted by atomic mass is 35.5. The fourth-order valence-corrected chi connectivity index (χ4v) is 3.24. The summed E-state index contributed by atoms with van der Waals surface area (Å²) < 4.78 is 0. The Labute approximate surface area is 156 Å². The van der Waals surface area contributed by atoms with Crippen LogP contribution in [0.25, 0.3) is 6.08 Å². The molecule has 9 heteroatoms. The van der Waals surface area contributed by atoms with E-state index in [4.69, 9.17) is 23.2 Å². The second-order valence-electron chi connectivity index (χ2n) is 4.90. The molecule has 6 nitrogen and oxygen atoms in total. The Morgan fingerprint density at radius 3 is 2.64 bits per heavy atom. The van der Waals surface area contributed by atoms with Gasteiger partial charge in [0.2, 0.25) is 0 Å². The number of hydrogen-bond donors (Lipinski definition) is 1. The highest BCUT2D eigenvalue weighted by Gasteiger charge is 2.24. The van der Waals surface area contributed by atoms with E-state index in [1.165, 1.54) is 12.1 Å². The summed E-state index contributed by atoms with van der Waals surface area (Å²) in [6, 6.07) is 11.3. The number of carbonyl (C=O) groups is 1. The Morgan fingerprint density at radius 1 is 1.16 bits per heavy atom. The van der Waals surface area contributed by atoms with Crippen LogP contribution in [0, 0.1) is 10.1 Å².